The summed E-state index contributed by atoms with van der Waals surface area (Å²) in [6, 6.07) is -0.00780. The van der Waals surface area contributed by atoms with Gasteiger partial charge in [-0.3, -0.25) is 4.79 Å². The van der Waals surface area contributed by atoms with Crippen molar-refractivity contribution >= 4 is 15.9 Å². The summed E-state index contributed by atoms with van der Waals surface area (Å²) >= 11 is 0. The first-order valence-corrected chi connectivity index (χ1v) is 8.07. The number of carbonyl (C=O) groups excluding carboxylic acids is 1. The summed E-state index contributed by atoms with van der Waals surface area (Å²) in [6.07, 6.45) is 6.03. The van der Waals surface area contributed by atoms with Gasteiger partial charge in [-0.25, -0.2) is 12.7 Å². The Labute approximate surface area is 103 Å². The highest BCUT2D eigenvalue weighted by molar-refractivity contribution is 7.88. The number of amides is 1. The summed E-state index contributed by atoms with van der Waals surface area (Å²) in [5, 5.41) is 2.98. The second kappa shape index (κ2) is 4.94. The van der Waals surface area contributed by atoms with E-state index >= 15 is 0 Å². The van der Waals surface area contributed by atoms with Crippen molar-refractivity contribution in [1.82, 2.24) is 9.62 Å². The molecule has 2 rings (SSSR count). The zero-order chi connectivity index (χ0) is 12.5. The molecule has 0 bridgehead atoms. The summed E-state index contributed by atoms with van der Waals surface area (Å²) in [5.74, 6) is 0.278. The molecular weight excluding hydrogens is 240 g/mol. The molecule has 1 heterocycles. The Bertz CT molecular complexity index is 390. The monoisotopic (exact) mass is 260 g/mol. The van der Waals surface area contributed by atoms with Crippen LogP contribution in [0.5, 0.6) is 0 Å². The highest BCUT2D eigenvalue weighted by Gasteiger charge is 2.30. The van der Waals surface area contributed by atoms with Gasteiger partial charge in [0.15, 0.2) is 0 Å². The Hall–Kier alpha value is -0.620. The fraction of sp³-hybridized carbons (Fsp3) is 0.909. The minimum atomic E-state index is -3.12. The minimum absolute atomic E-state index is 0.00780. The van der Waals surface area contributed by atoms with Crippen molar-refractivity contribution in [3.63, 3.8) is 0 Å². The Morgan fingerprint density at radius 2 is 1.94 bits per heavy atom. The summed E-state index contributed by atoms with van der Waals surface area (Å²) in [6.45, 7) is 1.01. The molecule has 0 aromatic carbocycles. The highest BCUT2D eigenvalue weighted by Crippen LogP contribution is 2.26. The van der Waals surface area contributed by atoms with E-state index < -0.39 is 10.0 Å². The van der Waals surface area contributed by atoms with Gasteiger partial charge in [-0.15, -0.1) is 0 Å². The molecule has 6 heteroatoms. The summed E-state index contributed by atoms with van der Waals surface area (Å²) < 4.78 is 24.3. The Morgan fingerprint density at radius 1 is 1.24 bits per heavy atom. The van der Waals surface area contributed by atoms with Crippen molar-refractivity contribution in [2.45, 2.75) is 38.1 Å². The number of nitrogens with zero attached hydrogens (tertiary/aromatic N) is 1. The van der Waals surface area contributed by atoms with Gasteiger partial charge in [-0.2, -0.15) is 0 Å². The SMILES string of the molecule is CS(=O)(=O)N1CCCC(NC(=O)C2CCC2)C1. The van der Waals surface area contributed by atoms with Crippen LogP contribution in [0.2, 0.25) is 0 Å². The standard InChI is InChI=1S/C11H20N2O3S/c1-17(15,16)13-7-3-6-10(8-13)12-11(14)9-4-2-5-9/h9-10H,2-8H2,1H3,(H,12,14). The molecule has 1 saturated heterocycles. The zero-order valence-electron chi connectivity index (χ0n) is 10.2. The van der Waals surface area contributed by atoms with Crippen molar-refractivity contribution in [3.05, 3.63) is 0 Å². The van der Waals surface area contributed by atoms with E-state index in [-0.39, 0.29) is 17.9 Å². The van der Waals surface area contributed by atoms with E-state index in [9.17, 15) is 13.2 Å². The first-order chi connectivity index (χ1) is 7.97. The van der Waals surface area contributed by atoms with E-state index in [1.807, 2.05) is 0 Å². The van der Waals surface area contributed by atoms with Gasteiger partial charge >= 0.3 is 0 Å². The normalized spacial score (nSPS) is 27.5. The molecule has 1 atom stereocenters. The van der Waals surface area contributed by atoms with Crippen LogP contribution >= 0.6 is 0 Å². The van der Waals surface area contributed by atoms with Gasteiger partial charge in [0.1, 0.15) is 0 Å². The van der Waals surface area contributed by atoms with E-state index in [2.05, 4.69) is 5.32 Å². The molecule has 0 radical (unpaired) electrons. The molecule has 0 aromatic rings. The molecule has 1 aliphatic heterocycles. The lowest BCUT2D eigenvalue weighted by molar-refractivity contribution is -0.128. The number of carbonyl (C=O) groups is 1. The van der Waals surface area contributed by atoms with E-state index in [1.165, 1.54) is 10.6 Å². The molecule has 0 aromatic heterocycles. The smallest absolute Gasteiger partial charge is 0.223 e. The fourth-order valence-corrected chi connectivity index (χ4v) is 3.26. The highest BCUT2D eigenvalue weighted by atomic mass is 32.2. The number of nitrogens with one attached hydrogen (secondary N) is 1. The van der Waals surface area contributed by atoms with E-state index in [0.717, 1.165) is 32.1 Å². The maximum Gasteiger partial charge on any atom is 0.223 e. The molecule has 1 N–H and O–H groups in total. The maximum atomic E-state index is 11.8. The van der Waals surface area contributed by atoms with Crippen molar-refractivity contribution in [1.29, 1.82) is 0 Å². The van der Waals surface area contributed by atoms with E-state index in [0.29, 0.717) is 13.1 Å². The van der Waals surface area contributed by atoms with Crippen LogP contribution in [0.1, 0.15) is 32.1 Å². The van der Waals surface area contributed by atoms with Crippen LogP contribution in [0.4, 0.5) is 0 Å². The third kappa shape index (κ3) is 3.19. The van der Waals surface area contributed by atoms with Gasteiger partial charge in [-0.05, 0) is 25.7 Å². The topological polar surface area (TPSA) is 66.5 Å². The fourth-order valence-electron chi connectivity index (χ4n) is 2.35. The molecule has 5 nitrogen and oxygen atoms in total. The Kier molecular flexibility index (Phi) is 3.73. The predicted molar refractivity (Wildman–Crippen MR) is 64.9 cm³/mol. The first-order valence-electron chi connectivity index (χ1n) is 6.22. The van der Waals surface area contributed by atoms with Gasteiger partial charge < -0.3 is 5.32 Å². The van der Waals surface area contributed by atoms with Gasteiger partial charge in [0.05, 0.1) is 6.26 Å². The maximum absolute atomic E-state index is 11.8. The van der Waals surface area contributed by atoms with Crippen molar-refractivity contribution in [2.75, 3.05) is 19.3 Å². The molecule has 0 spiro atoms. The predicted octanol–water partition coefficient (Wildman–Crippen LogP) is 0.327. The van der Waals surface area contributed by atoms with Crippen molar-refractivity contribution in [3.8, 4) is 0 Å². The van der Waals surface area contributed by atoms with Gasteiger partial charge in [0.25, 0.3) is 0 Å². The van der Waals surface area contributed by atoms with Crippen LogP contribution in [0, 0.1) is 5.92 Å². The van der Waals surface area contributed by atoms with Crippen molar-refractivity contribution in [2.24, 2.45) is 5.92 Å². The second-order valence-electron chi connectivity index (χ2n) is 5.10. The van der Waals surface area contributed by atoms with Crippen LogP contribution in [-0.4, -0.2) is 44.0 Å². The van der Waals surface area contributed by atoms with Crippen molar-refractivity contribution < 1.29 is 13.2 Å². The number of hydrogen-bond donors (Lipinski definition) is 1. The van der Waals surface area contributed by atoms with Crippen LogP contribution in [0.3, 0.4) is 0 Å². The van der Waals surface area contributed by atoms with Gasteiger partial charge in [0, 0.05) is 25.0 Å². The van der Waals surface area contributed by atoms with Crippen LogP contribution in [0.15, 0.2) is 0 Å². The Morgan fingerprint density at radius 3 is 2.47 bits per heavy atom. The van der Waals surface area contributed by atoms with Crippen LogP contribution < -0.4 is 5.32 Å². The second-order valence-corrected chi connectivity index (χ2v) is 7.08. The summed E-state index contributed by atoms with van der Waals surface area (Å²) in [5.41, 5.74) is 0. The lowest BCUT2D eigenvalue weighted by Crippen LogP contribution is -2.51. The summed E-state index contributed by atoms with van der Waals surface area (Å²) in [7, 11) is -3.12. The molecule has 1 aliphatic carbocycles. The molecule has 98 valence electrons. The lowest BCUT2D eigenvalue weighted by Gasteiger charge is -2.33. The molecule has 1 unspecified atom stereocenters. The number of rotatable bonds is 3. The molecular formula is C11H20N2O3S. The molecule has 17 heavy (non-hydrogen) atoms. The van der Waals surface area contributed by atoms with Gasteiger partial charge in [-0.1, -0.05) is 6.42 Å². The molecule has 2 aliphatic rings. The minimum Gasteiger partial charge on any atom is -0.352 e. The molecule has 1 saturated carbocycles. The van der Waals surface area contributed by atoms with Crippen LogP contribution in [-0.2, 0) is 14.8 Å². The molecule has 1 amide bonds. The largest absolute Gasteiger partial charge is 0.352 e. The van der Waals surface area contributed by atoms with Gasteiger partial charge in [0.2, 0.25) is 15.9 Å². The Balaban J connectivity index is 1.87. The number of hydrogen-bond acceptors (Lipinski definition) is 3. The first kappa shape index (κ1) is 12.8. The number of sulfonamides is 1. The number of piperidine rings is 1. The van der Waals surface area contributed by atoms with E-state index in [1.54, 1.807) is 0 Å². The zero-order valence-corrected chi connectivity index (χ0v) is 11.0. The quantitative estimate of drug-likeness (QED) is 0.795. The molecule has 2 fully saturated rings. The average molecular weight is 260 g/mol. The lowest BCUT2D eigenvalue weighted by atomic mass is 9.84. The third-order valence-corrected chi connectivity index (χ3v) is 4.95. The summed E-state index contributed by atoms with van der Waals surface area (Å²) in [4.78, 5) is 11.8. The van der Waals surface area contributed by atoms with Crippen LogP contribution in [0.25, 0.3) is 0 Å². The average Bonchev–Trinajstić information content (AvgIpc) is 2.13. The third-order valence-electron chi connectivity index (χ3n) is 3.68. The van der Waals surface area contributed by atoms with E-state index in [4.69, 9.17) is 0 Å².